The van der Waals surface area contributed by atoms with Crippen molar-refractivity contribution in [2.75, 3.05) is 20.8 Å². The van der Waals surface area contributed by atoms with E-state index >= 15 is 0 Å². The Kier molecular flexibility index (Phi) is 6.76. The Morgan fingerprint density at radius 3 is 2.39 bits per heavy atom. The molecule has 1 aliphatic rings. The standard InChI is InChI=1S/C22H19NO7S/c1-13-4-7-15(8-5-13)21(26)30-17-10-14(6-9-16(17)28-2)11-18-20(25)23(22(27)31-18)12-19(24)29-3/h4-11H,12H2,1-3H3/b18-11-. The van der Waals surface area contributed by atoms with Gasteiger partial charge in [-0.2, -0.15) is 0 Å². The van der Waals surface area contributed by atoms with E-state index in [0.717, 1.165) is 10.5 Å². The number of carbonyl (C=O) groups excluding carboxylic acids is 4. The second-order valence-electron chi connectivity index (χ2n) is 6.51. The first-order valence-electron chi connectivity index (χ1n) is 9.11. The van der Waals surface area contributed by atoms with Crippen molar-refractivity contribution in [2.45, 2.75) is 6.92 Å². The van der Waals surface area contributed by atoms with Crippen molar-refractivity contribution in [1.29, 1.82) is 0 Å². The molecular formula is C22H19NO7S. The molecule has 1 heterocycles. The van der Waals surface area contributed by atoms with Crippen molar-refractivity contribution in [3.8, 4) is 11.5 Å². The maximum Gasteiger partial charge on any atom is 0.343 e. The highest BCUT2D eigenvalue weighted by molar-refractivity contribution is 8.18. The van der Waals surface area contributed by atoms with Crippen LogP contribution in [0.5, 0.6) is 11.5 Å². The molecule has 0 N–H and O–H groups in total. The third-order valence-corrected chi connectivity index (χ3v) is 5.27. The van der Waals surface area contributed by atoms with Gasteiger partial charge in [0.2, 0.25) is 0 Å². The van der Waals surface area contributed by atoms with Crippen LogP contribution in [0.3, 0.4) is 0 Å². The van der Waals surface area contributed by atoms with Crippen LogP contribution >= 0.6 is 11.8 Å². The lowest BCUT2D eigenvalue weighted by molar-refractivity contribution is -0.143. The zero-order valence-electron chi connectivity index (χ0n) is 17.0. The smallest absolute Gasteiger partial charge is 0.343 e. The molecule has 9 heteroatoms. The monoisotopic (exact) mass is 441 g/mol. The topological polar surface area (TPSA) is 99.2 Å². The predicted molar refractivity (Wildman–Crippen MR) is 114 cm³/mol. The highest BCUT2D eigenvalue weighted by atomic mass is 32.2. The molecular weight excluding hydrogens is 422 g/mol. The maximum absolute atomic E-state index is 12.5. The van der Waals surface area contributed by atoms with E-state index in [-0.39, 0.29) is 10.7 Å². The van der Waals surface area contributed by atoms with E-state index < -0.39 is 29.6 Å². The summed E-state index contributed by atoms with van der Waals surface area (Å²) in [7, 11) is 2.62. The van der Waals surface area contributed by atoms with Crippen LogP contribution in [0, 0.1) is 6.92 Å². The molecule has 0 aromatic heterocycles. The maximum atomic E-state index is 12.5. The molecule has 3 rings (SSSR count). The molecule has 0 bridgehead atoms. The van der Waals surface area contributed by atoms with Crippen LogP contribution in [0.2, 0.25) is 0 Å². The number of esters is 2. The number of amides is 2. The Morgan fingerprint density at radius 2 is 1.74 bits per heavy atom. The van der Waals surface area contributed by atoms with E-state index in [9.17, 15) is 19.2 Å². The fraction of sp³-hybridized carbons (Fsp3) is 0.182. The number of carbonyl (C=O) groups is 4. The highest BCUT2D eigenvalue weighted by Gasteiger charge is 2.36. The molecule has 1 saturated heterocycles. The van der Waals surface area contributed by atoms with Gasteiger partial charge in [-0.05, 0) is 54.6 Å². The Labute approximate surface area is 182 Å². The summed E-state index contributed by atoms with van der Waals surface area (Å²) in [5.74, 6) is -1.37. The lowest BCUT2D eigenvalue weighted by atomic mass is 10.1. The number of rotatable bonds is 6. The number of hydrogen-bond acceptors (Lipinski definition) is 8. The van der Waals surface area contributed by atoms with Gasteiger partial charge in [-0.1, -0.05) is 23.8 Å². The van der Waals surface area contributed by atoms with E-state index in [1.807, 2.05) is 6.92 Å². The molecule has 0 unspecified atom stereocenters. The Morgan fingerprint density at radius 1 is 1.03 bits per heavy atom. The van der Waals surface area contributed by atoms with Gasteiger partial charge in [-0.15, -0.1) is 0 Å². The van der Waals surface area contributed by atoms with Crippen LogP contribution in [0.4, 0.5) is 4.79 Å². The molecule has 0 radical (unpaired) electrons. The molecule has 0 atom stereocenters. The zero-order chi connectivity index (χ0) is 22.5. The lowest BCUT2D eigenvalue weighted by Gasteiger charge is -2.11. The molecule has 2 amide bonds. The van der Waals surface area contributed by atoms with Gasteiger partial charge in [0.15, 0.2) is 11.5 Å². The van der Waals surface area contributed by atoms with Crippen LogP contribution in [-0.2, 0) is 14.3 Å². The normalized spacial score (nSPS) is 14.7. The Bertz CT molecular complexity index is 1080. The van der Waals surface area contributed by atoms with Crippen LogP contribution in [0.25, 0.3) is 6.08 Å². The molecule has 1 fully saturated rings. The van der Waals surface area contributed by atoms with Gasteiger partial charge in [-0.3, -0.25) is 19.3 Å². The second kappa shape index (κ2) is 9.48. The van der Waals surface area contributed by atoms with E-state index in [0.29, 0.717) is 28.6 Å². The summed E-state index contributed by atoms with van der Waals surface area (Å²) in [5, 5.41) is -0.568. The number of benzene rings is 2. The first-order chi connectivity index (χ1) is 14.8. The van der Waals surface area contributed by atoms with Gasteiger partial charge < -0.3 is 14.2 Å². The van der Waals surface area contributed by atoms with Crippen molar-refractivity contribution in [1.82, 2.24) is 4.90 Å². The van der Waals surface area contributed by atoms with Crippen molar-refractivity contribution in [3.63, 3.8) is 0 Å². The van der Waals surface area contributed by atoms with Crippen LogP contribution in [-0.4, -0.2) is 48.7 Å². The molecule has 2 aromatic rings. The van der Waals surface area contributed by atoms with Crippen LogP contribution < -0.4 is 9.47 Å². The average Bonchev–Trinajstić information content (AvgIpc) is 3.01. The first kappa shape index (κ1) is 22.1. The van der Waals surface area contributed by atoms with E-state index in [4.69, 9.17) is 9.47 Å². The highest BCUT2D eigenvalue weighted by Crippen LogP contribution is 2.34. The van der Waals surface area contributed by atoms with Gasteiger partial charge >= 0.3 is 11.9 Å². The number of aryl methyl sites for hydroxylation is 1. The summed E-state index contributed by atoms with van der Waals surface area (Å²) in [4.78, 5) is 49.4. The number of imide groups is 1. The number of hydrogen-bond donors (Lipinski definition) is 0. The minimum Gasteiger partial charge on any atom is -0.493 e. The molecule has 0 spiro atoms. The van der Waals surface area contributed by atoms with E-state index in [1.54, 1.807) is 36.4 Å². The number of nitrogens with zero attached hydrogens (tertiary/aromatic N) is 1. The fourth-order valence-electron chi connectivity index (χ4n) is 2.69. The Hall–Kier alpha value is -3.59. The second-order valence-corrected chi connectivity index (χ2v) is 7.50. The molecule has 0 aliphatic carbocycles. The van der Waals surface area contributed by atoms with Gasteiger partial charge in [0.05, 0.1) is 24.7 Å². The summed E-state index contributed by atoms with van der Waals surface area (Å²) < 4.78 is 15.2. The van der Waals surface area contributed by atoms with Crippen molar-refractivity contribution in [3.05, 3.63) is 64.1 Å². The van der Waals surface area contributed by atoms with Gasteiger partial charge in [0.1, 0.15) is 6.54 Å². The summed E-state index contributed by atoms with van der Waals surface area (Å²) in [6.45, 7) is 1.45. The predicted octanol–water partition coefficient (Wildman–Crippen LogP) is 3.43. The number of ether oxygens (including phenoxy) is 3. The molecule has 1 aliphatic heterocycles. The largest absolute Gasteiger partial charge is 0.493 e. The van der Waals surface area contributed by atoms with Crippen molar-refractivity contribution in [2.24, 2.45) is 0 Å². The van der Waals surface area contributed by atoms with Crippen molar-refractivity contribution >= 4 is 40.9 Å². The molecule has 160 valence electrons. The summed E-state index contributed by atoms with van der Waals surface area (Å²) in [6, 6.07) is 11.7. The lowest BCUT2D eigenvalue weighted by Crippen LogP contribution is -2.34. The Balaban J connectivity index is 1.84. The minimum absolute atomic E-state index is 0.134. The van der Waals surface area contributed by atoms with Crippen molar-refractivity contribution < 1.29 is 33.4 Å². The van der Waals surface area contributed by atoms with E-state index in [1.165, 1.54) is 26.4 Å². The third kappa shape index (κ3) is 5.13. The summed E-state index contributed by atoms with van der Waals surface area (Å²) >= 11 is 0.709. The van der Waals surface area contributed by atoms with E-state index in [2.05, 4.69) is 4.74 Å². The van der Waals surface area contributed by atoms with Crippen LogP contribution in [0.1, 0.15) is 21.5 Å². The molecule has 0 saturated carbocycles. The van der Waals surface area contributed by atoms with Gasteiger partial charge in [-0.25, -0.2) is 4.79 Å². The number of methoxy groups -OCH3 is 2. The molecule has 31 heavy (non-hydrogen) atoms. The van der Waals surface area contributed by atoms with Gasteiger partial charge in [0.25, 0.3) is 11.1 Å². The number of thioether (sulfide) groups is 1. The average molecular weight is 441 g/mol. The first-order valence-corrected chi connectivity index (χ1v) is 9.93. The molecule has 8 nitrogen and oxygen atoms in total. The summed E-state index contributed by atoms with van der Waals surface area (Å²) in [6.07, 6.45) is 1.48. The fourth-order valence-corrected chi connectivity index (χ4v) is 3.53. The van der Waals surface area contributed by atoms with Crippen LogP contribution in [0.15, 0.2) is 47.4 Å². The molecule has 2 aromatic carbocycles. The zero-order valence-corrected chi connectivity index (χ0v) is 17.9. The summed E-state index contributed by atoms with van der Waals surface area (Å²) in [5.41, 5.74) is 1.90. The SMILES string of the molecule is COC(=O)CN1C(=O)S/C(=C\c2ccc(OC)c(OC(=O)c3ccc(C)cc3)c2)C1=O. The third-order valence-electron chi connectivity index (χ3n) is 4.36. The van der Waals surface area contributed by atoms with Gasteiger partial charge in [0, 0.05) is 0 Å². The minimum atomic E-state index is -0.696. The quantitative estimate of drug-likeness (QED) is 0.382.